The minimum Gasteiger partial charge on any atom is -0.383 e. The van der Waals surface area contributed by atoms with Gasteiger partial charge < -0.3 is 15.4 Å². The van der Waals surface area contributed by atoms with Gasteiger partial charge in [-0.1, -0.05) is 11.6 Å². The van der Waals surface area contributed by atoms with Crippen LogP contribution in [0, 0.1) is 0 Å². The zero-order valence-corrected chi connectivity index (χ0v) is 12.7. The van der Waals surface area contributed by atoms with E-state index in [2.05, 4.69) is 10.6 Å². The number of nitrogens with one attached hydrogen (secondary N) is 2. The Labute approximate surface area is 128 Å². The van der Waals surface area contributed by atoms with Crippen molar-refractivity contribution in [2.24, 2.45) is 0 Å². The number of hydrogen-bond acceptors (Lipinski definition) is 4. The third kappa shape index (κ3) is 3.65. The Bertz CT molecular complexity index is 550. The Balaban J connectivity index is 2.14. The van der Waals surface area contributed by atoms with Gasteiger partial charge in [-0.25, -0.2) is 0 Å². The Morgan fingerprint density at radius 2 is 2.29 bits per heavy atom. The fourth-order valence-corrected chi connectivity index (χ4v) is 2.33. The molecule has 1 aliphatic rings. The number of methoxy groups -OCH3 is 1. The molecule has 7 heteroatoms. The number of benzene rings is 1. The highest BCUT2D eigenvalue weighted by molar-refractivity contribution is 6.31. The first kappa shape index (κ1) is 15.6. The number of halogens is 1. The molecule has 1 unspecified atom stereocenters. The molecule has 1 aromatic rings. The highest BCUT2D eigenvalue weighted by atomic mass is 35.5. The lowest BCUT2D eigenvalue weighted by Crippen LogP contribution is -2.49. The van der Waals surface area contributed by atoms with Gasteiger partial charge in [0, 0.05) is 18.7 Å². The van der Waals surface area contributed by atoms with Gasteiger partial charge in [-0.05, 0) is 25.1 Å². The average molecular weight is 312 g/mol. The maximum absolute atomic E-state index is 12.3. The molecule has 0 saturated carbocycles. The van der Waals surface area contributed by atoms with Crippen LogP contribution in [0.5, 0.6) is 0 Å². The molecule has 1 heterocycles. The maximum Gasteiger partial charge on any atom is 0.249 e. The number of anilines is 2. The Kier molecular flexibility index (Phi) is 5.03. The summed E-state index contributed by atoms with van der Waals surface area (Å²) in [5, 5.41) is 6.36. The van der Waals surface area contributed by atoms with Crippen molar-refractivity contribution in [2.75, 3.05) is 37.0 Å². The van der Waals surface area contributed by atoms with Crippen LogP contribution in [0.25, 0.3) is 0 Å². The number of hydrogen-bond donors (Lipinski definition) is 2. The molecule has 1 atom stereocenters. The van der Waals surface area contributed by atoms with Crippen molar-refractivity contribution in [3.05, 3.63) is 23.2 Å². The average Bonchev–Trinajstić information content (AvgIpc) is 2.44. The summed E-state index contributed by atoms with van der Waals surface area (Å²) in [6.07, 6.45) is 0. The summed E-state index contributed by atoms with van der Waals surface area (Å²) < 4.78 is 4.87. The van der Waals surface area contributed by atoms with E-state index in [1.807, 2.05) is 0 Å². The van der Waals surface area contributed by atoms with Crippen molar-refractivity contribution in [1.82, 2.24) is 5.32 Å². The van der Waals surface area contributed by atoms with Crippen molar-refractivity contribution in [3.8, 4) is 0 Å². The van der Waals surface area contributed by atoms with E-state index in [1.54, 1.807) is 32.2 Å². The van der Waals surface area contributed by atoms with Crippen LogP contribution < -0.4 is 15.5 Å². The van der Waals surface area contributed by atoms with E-state index in [-0.39, 0.29) is 18.4 Å². The normalized spacial score (nSPS) is 17.2. The van der Waals surface area contributed by atoms with E-state index in [1.165, 1.54) is 4.90 Å². The number of amides is 2. The van der Waals surface area contributed by atoms with Gasteiger partial charge in [0.2, 0.25) is 11.8 Å². The number of carbonyl (C=O) groups is 2. The van der Waals surface area contributed by atoms with Crippen molar-refractivity contribution in [1.29, 1.82) is 0 Å². The van der Waals surface area contributed by atoms with Crippen molar-refractivity contribution >= 4 is 34.8 Å². The molecule has 0 aromatic heterocycles. The van der Waals surface area contributed by atoms with Gasteiger partial charge in [0.05, 0.1) is 18.0 Å². The number of nitrogens with zero attached hydrogens (tertiary/aromatic N) is 1. The molecule has 0 aliphatic carbocycles. The molecular weight excluding hydrogens is 294 g/mol. The monoisotopic (exact) mass is 311 g/mol. The molecule has 2 N–H and O–H groups in total. The molecule has 2 amide bonds. The van der Waals surface area contributed by atoms with Crippen LogP contribution in [0.15, 0.2) is 18.2 Å². The lowest BCUT2D eigenvalue weighted by atomic mass is 10.1. The Morgan fingerprint density at radius 1 is 1.52 bits per heavy atom. The summed E-state index contributed by atoms with van der Waals surface area (Å²) in [5.41, 5.74) is 1.41. The summed E-state index contributed by atoms with van der Waals surface area (Å²) in [6.45, 7) is 2.58. The van der Waals surface area contributed by atoms with Gasteiger partial charge in [-0.15, -0.1) is 0 Å². The largest absolute Gasteiger partial charge is 0.383 e. The third-order valence-corrected chi connectivity index (χ3v) is 3.42. The quantitative estimate of drug-likeness (QED) is 0.803. The van der Waals surface area contributed by atoms with Crippen LogP contribution in [-0.2, 0) is 14.3 Å². The molecule has 0 saturated heterocycles. The van der Waals surface area contributed by atoms with E-state index in [0.717, 1.165) is 5.69 Å². The molecule has 114 valence electrons. The summed E-state index contributed by atoms with van der Waals surface area (Å²) in [4.78, 5) is 25.6. The first-order valence-electron chi connectivity index (χ1n) is 6.66. The molecule has 0 radical (unpaired) electrons. The zero-order valence-electron chi connectivity index (χ0n) is 12.0. The smallest absolute Gasteiger partial charge is 0.249 e. The Morgan fingerprint density at radius 3 is 3.00 bits per heavy atom. The second kappa shape index (κ2) is 6.78. The lowest BCUT2D eigenvalue weighted by molar-refractivity contribution is -0.124. The summed E-state index contributed by atoms with van der Waals surface area (Å²) >= 11 is 5.96. The van der Waals surface area contributed by atoms with Gasteiger partial charge in [0.25, 0.3) is 0 Å². The molecule has 1 aliphatic heterocycles. The second-order valence-electron chi connectivity index (χ2n) is 4.79. The minimum absolute atomic E-state index is 0.0246. The summed E-state index contributed by atoms with van der Waals surface area (Å²) in [6, 6.07) is 4.77. The summed E-state index contributed by atoms with van der Waals surface area (Å²) in [7, 11) is 1.56. The van der Waals surface area contributed by atoms with Gasteiger partial charge in [-0.3, -0.25) is 14.5 Å². The SMILES string of the molecule is COCCNC(=O)CN1C(=O)C(C)Nc2cc(Cl)ccc21. The molecular formula is C14H18ClN3O3. The van der Waals surface area contributed by atoms with E-state index >= 15 is 0 Å². The van der Waals surface area contributed by atoms with Gasteiger partial charge in [0.15, 0.2) is 0 Å². The minimum atomic E-state index is -0.400. The first-order valence-corrected chi connectivity index (χ1v) is 7.04. The van der Waals surface area contributed by atoms with Crippen LogP contribution in [0.4, 0.5) is 11.4 Å². The number of carbonyl (C=O) groups excluding carboxylic acids is 2. The predicted octanol–water partition coefficient (Wildman–Crippen LogP) is 1.25. The summed E-state index contributed by atoms with van der Waals surface area (Å²) in [5.74, 6) is -0.373. The van der Waals surface area contributed by atoms with Crippen LogP contribution in [-0.4, -0.2) is 44.7 Å². The fourth-order valence-electron chi connectivity index (χ4n) is 2.16. The topological polar surface area (TPSA) is 70.7 Å². The highest BCUT2D eigenvalue weighted by Crippen LogP contribution is 2.33. The van der Waals surface area contributed by atoms with E-state index in [0.29, 0.717) is 23.9 Å². The van der Waals surface area contributed by atoms with E-state index in [4.69, 9.17) is 16.3 Å². The van der Waals surface area contributed by atoms with E-state index < -0.39 is 6.04 Å². The third-order valence-electron chi connectivity index (χ3n) is 3.19. The van der Waals surface area contributed by atoms with E-state index in [9.17, 15) is 9.59 Å². The van der Waals surface area contributed by atoms with Crippen LogP contribution in [0.2, 0.25) is 5.02 Å². The van der Waals surface area contributed by atoms with Gasteiger partial charge >= 0.3 is 0 Å². The molecule has 6 nitrogen and oxygen atoms in total. The molecule has 1 aromatic carbocycles. The number of ether oxygens (including phenoxy) is 1. The lowest BCUT2D eigenvalue weighted by Gasteiger charge is -2.33. The van der Waals surface area contributed by atoms with Crippen molar-refractivity contribution < 1.29 is 14.3 Å². The van der Waals surface area contributed by atoms with Crippen molar-refractivity contribution in [2.45, 2.75) is 13.0 Å². The maximum atomic E-state index is 12.3. The van der Waals surface area contributed by atoms with Crippen LogP contribution in [0.1, 0.15) is 6.92 Å². The fraction of sp³-hybridized carbons (Fsp3) is 0.429. The first-order chi connectivity index (χ1) is 10.0. The standard InChI is InChI=1S/C14H18ClN3O3/c1-9-14(20)18(8-13(19)16-5-6-21-2)12-4-3-10(15)7-11(12)17-9/h3-4,7,9,17H,5-6,8H2,1-2H3,(H,16,19). The van der Waals surface area contributed by atoms with Crippen LogP contribution >= 0.6 is 11.6 Å². The second-order valence-corrected chi connectivity index (χ2v) is 5.23. The van der Waals surface area contributed by atoms with Gasteiger partial charge in [-0.2, -0.15) is 0 Å². The molecule has 0 bridgehead atoms. The highest BCUT2D eigenvalue weighted by Gasteiger charge is 2.30. The van der Waals surface area contributed by atoms with Crippen LogP contribution in [0.3, 0.4) is 0 Å². The number of rotatable bonds is 5. The van der Waals surface area contributed by atoms with Gasteiger partial charge in [0.1, 0.15) is 12.6 Å². The molecule has 2 rings (SSSR count). The number of fused-ring (bicyclic) bond motifs is 1. The molecule has 0 fully saturated rings. The molecule has 21 heavy (non-hydrogen) atoms. The Hall–Kier alpha value is -1.79. The zero-order chi connectivity index (χ0) is 15.4. The predicted molar refractivity (Wildman–Crippen MR) is 81.8 cm³/mol. The van der Waals surface area contributed by atoms with Crippen molar-refractivity contribution in [3.63, 3.8) is 0 Å². The molecule has 0 spiro atoms.